The van der Waals surface area contributed by atoms with Gasteiger partial charge in [-0.3, -0.25) is 0 Å². The topological polar surface area (TPSA) is 303 Å². The zero-order valence-corrected chi connectivity index (χ0v) is 21.9. The van der Waals surface area contributed by atoms with Gasteiger partial charge in [-0.05, 0) is 6.08 Å². The molecule has 1 aromatic carbocycles. The van der Waals surface area contributed by atoms with Gasteiger partial charge in [-0.15, -0.1) is 0 Å². The van der Waals surface area contributed by atoms with E-state index in [4.69, 9.17) is 44.1 Å². The standard InChI is InChI=1S/C23H28O19/c1-37-14(32)4-3-9-15(39-20(33)10(28)5-24)18(41-22(35)12(30)7-26)17(38-2)19(42-23(36)13(31)8-27)16(9)40-21(34)11(29)6-25/h3-4,10-13,24-31H,5-8H2,1-2H3. The third-order valence-electron chi connectivity index (χ3n) is 4.70. The molecule has 0 bridgehead atoms. The number of esters is 5. The Balaban J connectivity index is 4.36. The van der Waals surface area contributed by atoms with Crippen LogP contribution in [0.15, 0.2) is 6.08 Å². The lowest BCUT2D eigenvalue weighted by Gasteiger charge is -2.23. The van der Waals surface area contributed by atoms with Crippen LogP contribution in [0.5, 0.6) is 28.7 Å². The number of rotatable bonds is 15. The van der Waals surface area contributed by atoms with Crippen LogP contribution in [0, 0.1) is 0 Å². The van der Waals surface area contributed by atoms with Crippen LogP contribution >= 0.6 is 0 Å². The molecule has 0 aliphatic rings. The Morgan fingerprint density at radius 2 is 0.881 bits per heavy atom. The zero-order chi connectivity index (χ0) is 32.1. The van der Waals surface area contributed by atoms with E-state index in [0.29, 0.717) is 12.2 Å². The van der Waals surface area contributed by atoms with E-state index in [-0.39, 0.29) is 0 Å². The quantitative estimate of drug-likeness (QED) is 0.0524. The van der Waals surface area contributed by atoms with Gasteiger partial charge >= 0.3 is 29.8 Å². The molecule has 0 heterocycles. The van der Waals surface area contributed by atoms with Crippen molar-refractivity contribution in [3.05, 3.63) is 11.6 Å². The lowest BCUT2D eigenvalue weighted by atomic mass is 10.1. The maximum absolute atomic E-state index is 12.5. The van der Waals surface area contributed by atoms with Gasteiger partial charge in [-0.2, -0.15) is 0 Å². The number of aliphatic hydroxyl groups excluding tert-OH is 8. The van der Waals surface area contributed by atoms with E-state index in [1.165, 1.54) is 0 Å². The van der Waals surface area contributed by atoms with Crippen LogP contribution in [0.3, 0.4) is 0 Å². The first-order chi connectivity index (χ1) is 19.8. The first-order valence-electron chi connectivity index (χ1n) is 11.4. The molecule has 0 spiro atoms. The summed E-state index contributed by atoms with van der Waals surface area (Å²) in [5.74, 6) is -13.2. The van der Waals surface area contributed by atoms with Gasteiger partial charge in [0.1, 0.15) is 0 Å². The van der Waals surface area contributed by atoms with Crippen molar-refractivity contribution in [2.75, 3.05) is 40.6 Å². The average molecular weight is 608 g/mol. The summed E-state index contributed by atoms with van der Waals surface area (Å²) < 4.78 is 29.4. The minimum atomic E-state index is -2.25. The van der Waals surface area contributed by atoms with Gasteiger partial charge < -0.3 is 69.3 Å². The summed E-state index contributed by atoms with van der Waals surface area (Å²) in [4.78, 5) is 61.6. The lowest BCUT2D eigenvalue weighted by molar-refractivity contribution is -0.149. The van der Waals surface area contributed by atoms with Gasteiger partial charge in [0.15, 0.2) is 35.9 Å². The molecule has 0 saturated heterocycles. The summed E-state index contributed by atoms with van der Waals surface area (Å²) in [5.41, 5.74) is -0.860. The second kappa shape index (κ2) is 16.9. The second-order valence-electron chi connectivity index (χ2n) is 7.60. The first-order valence-corrected chi connectivity index (χ1v) is 11.4. The SMILES string of the molecule is COC(=O)C=Cc1c(OC(=O)C(O)CO)c(OC(=O)C(O)CO)c(OC)c(OC(=O)C(O)CO)c1OC(=O)C(O)CO. The largest absolute Gasteiger partial charge is 0.490 e. The van der Waals surface area contributed by atoms with Gasteiger partial charge in [-0.25, -0.2) is 24.0 Å². The maximum atomic E-state index is 12.5. The Morgan fingerprint density at radius 3 is 1.14 bits per heavy atom. The highest BCUT2D eigenvalue weighted by molar-refractivity contribution is 5.94. The van der Waals surface area contributed by atoms with Crippen molar-refractivity contribution in [1.29, 1.82) is 0 Å². The number of carbonyl (C=O) groups is 5. The minimum absolute atomic E-state index is 0.587. The maximum Gasteiger partial charge on any atom is 0.343 e. The molecular formula is C23H28O19. The van der Waals surface area contributed by atoms with Crippen LogP contribution in [0.2, 0.25) is 0 Å². The highest BCUT2D eigenvalue weighted by atomic mass is 16.6. The number of benzene rings is 1. The van der Waals surface area contributed by atoms with Gasteiger partial charge in [0.05, 0.1) is 46.2 Å². The molecule has 0 aliphatic carbocycles. The lowest BCUT2D eigenvalue weighted by Crippen LogP contribution is -2.32. The van der Waals surface area contributed by atoms with Crippen LogP contribution in [-0.4, -0.2) is 136 Å². The van der Waals surface area contributed by atoms with Crippen LogP contribution < -0.4 is 23.7 Å². The third-order valence-corrected chi connectivity index (χ3v) is 4.70. The van der Waals surface area contributed by atoms with Gasteiger partial charge in [0.25, 0.3) is 0 Å². The molecule has 1 aromatic rings. The van der Waals surface area contributed by atoms with Gasteiger partial charge in [-0.1, -0.05) is 0 Å². The Bertz CT molecular complexity index is 1100. The van der Waals surface area contributed by atoms with E-state index in [1.807, 2.05) is 0 Å². The van der Waals surface area contributed by atoms with E-state index >= 15 is 0 Å². The summed E-state index contributed by atoms with van der Waals surface area (Å²) in [6.07, 6.45) is -7.75. The van der Waals surface area contributed by atoms with E-state index < -0.39 is 115 Å². The summed E-state index contributed by atoms with van der Waals surface area (Å²) >= 11 is 0. The molecular weight excluding hydrogens is 580 g/mol. The number of carbonyl (C=O) groups excluding carboxylic acids is 5. The Hall–Kier alpha value is -4.21. The van der Waals surface area contributed by atoms with Crippen molar-refractivity contribution in [3.8, 4) is 28.7 Å². The van der Waals surface area contributed by atoms with Crippen molar-refractivity contribution in [3.63, 3.8) is 0 Å². The predicted molar refractivity (Wildman–Crippen MR) is 129 cm³/mol. The predicted octanol–water partition coefficient (Wildman–Crippen LogP) is -5.08. The van der Waals surface area contributed by atoms with Crippen molar-refractivity contribution in [1.82, 2.24) is 0 Å². The van der Waals surface area contributed by atoms with E-state index in [2.05, 4.69) is 4.74 Å². The molecule has 0 aliphatic heterocycles. The molecule has 234 valence electrons. The molecule has 42 heavy (non-hydrogen) atoms. The van der Waals surface area contributed by atoms with Crippen LogP contribution in [0.1, 0.15) is 5.56 Å². The fraction of sp³-hybridized carbons (Fsp3) is 0.435. The fourth-order valence-electron chi connectivity index (χ4n) is 2.57. The van der Waals surface area contributed by atoms with Gasteiger partial charge in [0.2, 0.25) is 17.2 Å². The van der Waals surface area contributed by atoms with Crippen molar-refractivity contribution in [2.45, 2.75) is 24.4 Å². The first kappa shape index (κ1) is 35.8. The number of aliphatic hydroxyl groups is 8. The number of methoxy groups -OCH3 is 2. The summed E-state index contributed by atoms with van der Waals surface area (Å²) in [5, 5.41) is 75.5. The van der Waals surface area contributed by atoms with Crippen molar-refractivity contribution in [2.24, 2.45) is 0 Å². The summed E-state index contributed by atoms with van der Waals surface area (Å²) in [7, 11) is 1.76. The second-order valence-corrected chi connectivity index (χ2v) is 7.60. The third kappa shape index (κ3) is 9.15. The van der Waals surface area contributed by atoms with E-state index in [9.17, 15) is 44.4 Å². The monoisotopic (exact) mass is 608 g/mol. The molecule has 0 amide bonds. The smallest absolute Gasteiger partial charge is 0.343 e. The number of hydrogen-bond acceptors (Lipinski definition) is 19. The molecule has 19 nitrogen and oxygen atoms in total. The molecule has 4 unspecified atom stereocenters. The van der Waals surface area contributed by atoms with E-state index in [1.54, 1.807) is 0 Å². The van der Waals surface area contributed by atoms with Crippen LogP contribution in [0.25, 0.3) is 6.08 Å². The van der Waals surface area contributed by atoms with Crippen LogP contribution in [0.4, 0.5) is 0 Å². The Labute approximate surface area is 235 Å². The number of hydrogen-bond donors (Lipinski definition) is 8. The molecule has 19 heteroatoms. The molecule has 0 saturated carbocycles. The van der Waals surface area contributed by atoms with Crippen molar-refractivity contribution >= 4 is 35.9 Å². The Morgan fingerprint density at radius 1 is 0.571 bits per heavy atom. The summed E-state index contributed by atoms with van der Waals surface area (Å²) in [6, 6.07) is 0. The Kier molecular flexibility index (Phi) is 14.4. The molecule has 8 N–H and O–H groups in total. The average Bonchev–Trinajstić information content (AvgIpc) is 2.99. The molecule has 0 radical (unpaired) electrons. The van der Waals surface area contributed by atoms with Crippen LogP contribution in [-0.2, 0) is 28.7 Å². The number of ether oxygens (including phenoxy) is 6. The molecule has 1 rings (SSSR count). The fourth-order valence-corrected chi connectivity index (χ4v) is 2.57. The van der Waals surface area contributed by atoms with Gasteiger partial charge in [0, 0.05) is 6.08 Å². The minimum Gasteiger partial charge on any atom is -0.490 e. The highest BCUT2D eigenvalue weighted by Gasteiger charge is 2.37. The molecule has 0 aromatic heterocycles. The molecule has 0 fully saturated rings. The van der Waals surface area contributed by atoms with Crippen molar-refractivity contribution < 1.29 is 93.2 Å². The summed E-state index contributed by atoms with van der Waals surface area (Å²) in [6.45, 7) is -4.82. The highest BCUT2D eigenvalue weighted by Crippen LogP contribution is 2.55. The van der Waals surface area contributed by atoms with E-state index in [0.717, 1.165) is 14.2 Å². The normalized spacial score (nSPS) is 13.9. The zero-order valence-electron chi connectivity index (χ0n) is 21.9. The molecule has 4 atom stereocenters.